The van der Waals surface area contributed by atoms with Gasteiger partial charge in [-0.05, 0) is 43.5 Å². The predicted octanol–water partition coefficient (Wildman–Crippen LogP) is 3.27. The first-order chi connectivity index (χ1) is 12.1. The summed E-state index contributed by atoms with van der Waals surface area (Å²) >= 11 is 0. The normalized spacial score (nSPS) is 15.1. The molecule has 3 aromatic rings. The summed E-state index contributed by atoms with van der Waals surface area (Å²) in [5, 5.41) is 3.48. The Labute approximate surface area is 148 Å². The highest BCUT2D eigenvalue weighted by atomic mass is 15.2. The summed E-state index contributed by atoms with van der Waals surface area (Å²) in [7, 11) is 0. The average Bonchev–Trinajstić information content (AvgIpc) is 2.66. The van der Waals surface area contributed by atoms with Crippen molar-refractivity contribution in [2.24, 2.45) is 0 Å². The van der Waals surface area contributed by atoms with Gasteiger partial charge < -0.3 is 5.32 Å². The molecule has 0 saturated carbocycles. The second kappa shape index (κ2) is 6.41. The summed E-state index contributed by atoms with van der Waals surface area (Å²) in [6.07, 6.45) is 4.48. The minimum Gasteiger partial charge on any atom is -0.368 e. The van der Waals surface area contributed by atoms with E-state index in [1.54, 1.807) is 12.4 Å². The van der Waals surface area contributed by atoms with E-state index in [2.05, 4.69) is 63.3 Å². The Hall–Kier alpha value is -2.53. The molecule has 0 atom stereocenters. The molecular weight excluding hydrogens is 310 g/mol. The number of hydrogen-bond donors (Lipinski definition) is 1. The molecule has 1 aromatic carbocycles. The van der Waals surface area contributed by atoms with E-state index < -0.39 is 0 Å². The number of hydrogen-bond acceptors (Lipinski definition) is 5. The van der Waals surface area contributed by atoms with E-state index in [1.165, 1.54) is 11.1 Å². The molecule has 0 amide bonds. The average molecular weight is 333 g/mol. The highest BCUT2D eigenvalue weighted by molar-refractivity contribution is 5.71. The number of benzene rings is 1. The lowest BCUT2D eigenvalue weighted by molar-refractivity contribution is 0.115. The lowest BCUT2D eigenvalue weighted by Crippen LogP contribution is -2.50. The number of pyridine rings is 1. The quantitative estimate of drug-likeness (QED) is 0.794. The first-order valence-corrected chi connectivity index (χ1v) is 8.75. The van der Waals surface area contributed by atoms with Gasteiger partial charge in [0.1, 0.15) is 11.3 Å². The second-order valence-corrected chi connectivity index (χ2v) is 7.20. The predicted molar refractivity (Wildman–Crippen MR) is 100 cm³/mol. The van der Waals surface area contributed by atoms with Crippen LogP contribution in [0.15, 0.2) is 48.8 Å². The van der Waals surface area contributed by atoms with E-state index in [0.717, 1.165) is 37.4 Å². The van der Waals surface area contributed by atoms with Crippen LogP contribution in [0.4, 0.5) is 5.82 Å². The molecule has 1 N–H and O–H groups in total. The molecule has 1 aliphatic heterocycles. The summed E-state index contributed by atoms with van der Waals surface area (Å²) in [4.78, 5) is 15.6. The Morgan fingerprint density at radius 2 is 1.84 bits per heavy atom. The number of nitrogens with one attached hydrogen (secondary N) is 1. The van der Waals surface area contributed by atoms with Crippen molar-refractivity contribution >= 4 is 17.0 Å². The zero-order valence-corrected chi connectivity index (χ0v) is 14.7. The standard InChI is InChI=1S/C20H23N5/c1-20(2,25-12-9-15-5-3-4-6-16(15)13-25)14-23-18-8-7-17-19(24-18)22-11-10-21-17/h3-8,10-11H,9,12-14H2,1-2H3,(H,22,23,24). The summed E-state index contributed by atoms with van der Waals surface area (Å²) < 4.78 is 0. The topological polar surface area (TPSA) is 53.9 Å². The van der Waals surface area contributed by atoms with Crippen molar-refractivity contribution in [2.75, 3.05) is 18.4 Å². The molecule has 0 aliphatic carbocycles. The maximum atomic E-state index is 4.56. The molecule has 25 heavy (non-hydrogen) atoms. The van der Waals surface area contributed by atoms with Gasteiger partial charge in [-0.15, -0.1) is 0 Å². The van der Waals surface area contributed by atoms with E-state index in [0.29, 0.717) is 5.65 Å². The number of rotatable bonds is 4. The number of nitrogens with zero attached hydrogens (tertiary/aromatic N) is 4. The van der Waals surface area contributed by atoms with Gasteiger partial charge in [-0.25, -0.2) is 9.97 Å². The summed E-state index contributed by atoms with van der Waals surface area (Å²) in [5.41, 5.74) is 4.46. The fourth-order valence-corrected chi connectivity index (χ4v) is 3.38. The Morgan fingerprint density at radius 3 is 2.72 bits per heavy atom. The van der Waals surface area contributed by atoms with Crippen LogP contribution in [0.5, 0.6) is 0 Å². The zero-order chi connectivity index (χ0) is 17.3. The highest BCUT2D eigenvalue weighted by Crippen LogP contribution is 2.25. The number of fused-ring (bicyclic) bond motifs is 2. The molecule has 5 heteroatoms. The number of anilines is 1. The van der Waals surface area contributed by atoms with E-state index in [9.17, 15) is 0 Å². The van der Waals surface area contributed by atoms with Crippen LogP contribution in [0.25, 0.3) is 11.2 Å². The molecule has 1 aliphatic rings. The molecular formula is C20H23N5. The molecule has 2 aromatic heterocycles. The second-order valence-electron chi connectivity index (χ2n) is 7.20. The summed E-state index contributed by atoms with van der Waals surface area (Å²) in [6, 6.07) is 12.7. The lowest BCUT2D eigenvalue weighted by Gasteiger charge is -2.41. The van der Waals surface area contributed by atoms with Crippen molar-refractivity contribution in [3.8, 4) is 0 Å². The Balaban J connectivity index is 1.46. The van der Waals surface area contributed by atoms with E-state index in [-0.39, 0.29) is 5.54 Å². The first kappa shape index (κ1) is 16.0. The fourth-order valence-electron chi connectivity index (χ4n) is 3.38. The van der Waals surface area contributed by atoms with Gasteiger partial charge in [0, 0.05) is 37.6 Å². The zero-order valence-electron chi connectivity index (χ0n) is 14.7. The van der Waals surface area contributed by atoms with Gasteiger partial charge in [0.2, 0.25) is 0 Å². The van der Waals surface area contributed by atoms with Gasteiger partial charge >= 0.3 is 0 Å². The third-order valence-electron chi connectivity index (χ3n) is 5.02. The van der Waals surface area contributed by atoms with Crippen LogP contribution in [-0.2, 0) is 13.0 Å². The van der Waals surface area contributed by atoms with Gasteiger partial charge in [-0.3, -0.25) is 9.88 Å². The van der Waals surface area contributed by atoms with Crippen LogP contribution in [0, 0.1) is 0 Å². The molecule has 3 heterocycles. The summed E-state index contributed by atoms with van der Waals surface area (Å²) in [5.74, 6) is 0.846. The van der Waals surface area contributed by atoms with E-state index >= 15 is 0 Å². The van der Waals surface area contributed by atoms with Gasteiger partial charge in [0.15, 0.2) is 5.65 Å². The summed E-state index contributed by atoms with van der Waals surface area (Å²) in [6.45, 7) is 7.49. The van der Waals surface area contributed by atoms with Gasteiger partial charge in [-0.1, -0.05) is 24.3 Å². The Bertz CT molecular complexity index is 890. The molecule has 0 saturated heterocycles. The van der Waals surface area contributed by atoms with E-state index in [1.807, 2.05) is 12.1 Å². The van der Waals surface area contributed by atoms with Crippen LogP contribution in [0.1, 0.15) is 25.0 Å². The molecule has 0 fully saturated rings. The van der Waals surface area contributed by atoms with Crippen molar-refractivity contribution in [1.82, 2.24) is 19.9 Å². The largest absolute Gasteiger partial charge is 0.368 e. The fraction of sp³-hybridized carbons (Fsp3) is 0.350. The van der Waals surface area contributed by atoms with Crippen molar-refractivity contribution in [2.45, 2.75) is 32.4 Å². The van der Waals surface area contributed by atoms with Crippen LogP contribution in [0.3, 0.4) is 0 Å². The maximum absolute atomic E-state index is 4.56. The van der Waals surface area contributed by atoms with Gasteiger partial charge in [0.25, 0.3) is 0 Å². The minimum atomic E-state index is 0.0343. The molecule has 4 rings (SSSR count). The number of aromatic nitrogens is 3. The lowest BCUT2D eigenvalue weighted by atomic mass is 9.94. The Morgan fingerprint density at radius 1 is 1.04 bits per heavy atom. The van der Waals surface area contributed by atoms with Crippen molar-refractivity contribution in [3.63, 3.8) is 0 Å². The van der Waals surface area contributed by atoms with Crippen molar-refractivity contribution in [3.05, 3.63) is 59.9 Å². The Kier molecular flexibility index (Phi) is 4.09. The monoisotopic (exact) mass is 333 g/mol. The van der Waals surface area contributed by atoms with Gasteiger partial charge in [-0.2, -0.15) is 0 Å². The van der Waals surface area contributed by atoms with Crippen LogP contribution in [0.2, 0.25) is 0 Å². The SMILES string of the molecule is CC(C)(CNc1ccc2nccnc2n1)N1CCc2ccccc2C1. The maximum Gasteiger partial charge on any atom is 0.180 e. The van der Waals surface area contributed by atoms with Crippen LogP contribution in [-0.4, -0.2) is 38.5 Å². The van der Waals surface area contributed by atoms with Crippen molar-refractivity contribution in [1.29, 1.82) is 0 Å². The smallest absolute Gasteiger partial charge is 0.180 e. The van der Waals surface area contributed by atoms with Gasteiger partial charge in [0.05, 0.1) is 0 Å². The first-order valence-electron chi connectivity index (χ1n) is 8.75. The molecule has 5 nitrogen and oxygen atoms in total. The van der Waals surface area contributed by atoms with Crippen LogP contribution < -0.4 is 5.32 Å². The van der Waals surface area contributed by atoms with E-state index in [4.69, 9.17) is 0 Å². The molecule has 0 bridgehead atoms. The van der Waals surface area contributed by atoms with Crippen LogP contribution >= 0.6 is 0 Å². The van der Waals surface area contributed by atoms with Crippen molar-refractivity contribution < 1.29 is 0 Å². The molecule has 0 spiro atoms. The molecule has 128 valence electrons. The minimum absolute atomic E-state index is 0.0343. The third-order valence-corrected chi connectivity index (χ3v) is 5.02. The molecule has 0 radical (unpaired) electrons. The highest BCUT2D eigenvalue weighted by Gasteiger charge is 2.29. The third kappa shape index (κ3) is 3.33. The molecule has 0 unspecified atom stereocenters.